The molecule has 1 aromatic carbocycles. The van der Waals surface area contributed by atoms with Gasteiger partial charge in [-0.2, -0.15) is 0 Å². The summed E-state index contributed by atoms with van der Waals surface area (Å²) in [6.45, 7) is 4.54. The molecule has 0 atom stereocenters. The van der Waals surface area contributed by atoms with Gasteiger partial charge < -0.3 is 0 Å². The summed E-state index contributed by atoms with van der Waals surface area (Å²) in [7, 11) is 0. The molecule has 0 saturated carbocycles. The zero-order valence-corrected chi connectivity index (χ0v) is 15.2. The van der Waals surface area contributed by atoms with Crippen molar-refractivity contribution in [1.29, 1.82) is 0 Å². The van der Waals surface area contributed by atoms with Crippen molar-refractivity contribution >= 4 is 39.1 Å². The number of ketones is 1. The normalized spacial score (nSPS) is 11.1. The number of Topliss-reactive ketones (excluding diaryl/α,β-unsaturated/α-hetero) is 1. The third-order valence-corrected chi connectivity index (χ3v) is 5.73. The Bertz CT molecular complexity index is 926. The number of thioether (sulfide) groups is 1. The SMILES string of the molecule is CCc1ccc(C(=O)CSc2nc3ccsc3c(=O)n2CC)cc1. The zero-order valence-electron chi connectivity index (χ0n) is 13.6. The molecule has 124 valence electrons. The topological polar surface area (TPSA) is 52.0 Å². The largest absolute Gasteiger partial charge is 0.293 e. The van der Waals surface area contributed by atoms with Crippen molar-refractivity contribution in [1.82, 2.24) is 9.55 Å². The number of aromatic nitrogens is 2. The number of carbonyl (C=O) groups excluding carboxylic acids is 1. The monoisotopic (exact) mass is 358 g/mol. The van der Waals surface area contributed by atoms with Gasteiger partial charge in [-0.1, -0.05) is 43.0 Å². The minimum absolute atomic E-state index is 0.0280. The molecule has 0 unspecified atom stereocenters. The fourth-order valence-corrected chi connectivity index (χ4v) is 4.19. The number of hydrogen-bond acceptors (Lipinski definition) is 5. The predicted molar refractivity (Wildman–Crippen MR) is 100 cm³/mol. The number of nitrogens with zero attached hydrogens (tertiary/aromatic N) is 2. The van der Waals surface area contributed by atoms with Crippen LogP contribution in [0.5, 0.6) is 0 Å². The van der Waals surface area contributed by atoms with E-state index in [0.717, 1.165) is 6.42 Å². The van der Waals surface area contributed by atoms with Crippen molar-refractivity contribution in [3.63, 3.8) is 0 Å². The minimum Gasteiger partial charge on any atom is -0.293 e. The Kier molecular flexibility index (Phi) is 5.16. The molecule has 0 spiro atoms. The van der Waals surface area contributed by atoms with Crippen LogP contribution in [0.2, 0.25) is 0 Å². The van der Waals surface area contributed by atoms with E-state index in [-0.39, 0.29) is 17.1 Å². The molecule has 2 heterocycles. The highest BCUT2D eigenvalue weighted by Crippen LogP contribution is 2.21. The van der Waals surface area contributed by atoms with Gasteiger partial charge in [-0.15, -0.1) is 11.3 Å². The van der Waals surface area contributed by atoms with Crippen LogP contribution in [-0.4, -0.2) is 21.1 Å². The standard InChI is InChI=1S/C18H18N2O2S2/c1-3-12-5-7-13(8-6-12)15(21)11-24-18-19-14-9-10-23-16(14)17(22)20(18)4-2/h5-10H,3-4,11H2,1-2H3. The second kappa shape index (κ2) is 7.32. The first-order valence-corrected chi connectivity index (χ1v) is 9.73. The van der Waals surface area contributed by atoms with Crippen LogP contribution in [0.3, 0.4) is 0 Å². The van der Waals surface area contributed by atoms with Gasteiger partial charge in [0.15, 0.2) is 10.9 Å². The molecule has 0 saturated heterocycles. The summed E-state index contributed by atoms with van der Waals surface area (Å²) in [5.74, 6) is 0.318. The highest BCUT2D eigenvalue weighted by molar-refractivity contribution is 7.99. The van der Waals surface area contributed by atoms with Crippen molar-refractivity contribution in [2.45, 2.75) is 32.0 Å². The van der Waals surface area contributed by atoms with E-state index in [2.05, 4.69) is 11.9 Å². The number of hydrogen-bond donors (Lipinski definition) is 0. The van der Waals surface area contributed by atoms with Crippen molar-refractivity contribution in [3.8, 4) is 0 Å². The highest BCUT2D eigenvalue weighted by atomic mass is 32.2. The van der Waals surface area contributed by atoms with E-state index in [1.165, 1.54) is 28.7 Å². The smallest absolute Gasteiger partial charge is 0.272 e. The average molecular weight is 358 g/mol. The van der Waals surface area contributed by atoms with E-state index in [0.29, 0.717) is 27.5 Å². The molecule has 4 nitrogen and oxygen atoms in total. The zero-order chi connectivity index (χ0) is 17.1. The van der Waals surface area contributed by atoms with E-state index in [9.17, 15) is 9.59 Å². The van der Waals surface area contributed by atoms with Crippen LogP contribution < -0.4 is 5.56 Å². The van der Waals surface area contributed by atoms with Crippen LogP contribution in [0, 0.1) is 0 Å². The van der Waals surface area contributed by atoms with Crippen LogP contribution in [-0.2, 0) is 13.0 Å². The molecule has 0 fully saturated rings. The lowest BCUT2D eigenvalue weighted by Gasteiger charge is -2.09. The number of carbonyl (C=O) groups is 1. The molecule has 0 bridgehead atoms. The summed E-state index contributed by atoms with van der Waals surface area (Å²) >= 11 is 2.73. The lowest BCUT2D eigenvalue weighted by atomic mass is 10.1. The molecule has 0 aliphatic rings. The fraction of sp³-hybridized carbons (Fsp3) is 0.278. The van der Waals surface area contributed by atoms with E-state index in [1.807, 2.05) is 42.6 Å². The second-order valence-electron chi connectivity index (χ2n) is 5.34. The number of benzene rings is 1. The molecule has 0 aliphatic carbocycles. The number of aryl methyl sites for hydroxylation is 1. The third-order valence-electron chi connectivity index (χ3n) is 3.86. The quantitative estimate of drug-likeness (QED) is 0.379. The Morgan fingerprint density at radius 2 is 1.96 bits per heavy atom. The van der Waals surface area contributed by atoms with E-state index < -0.39 is 0 Å². The molecule has 0 radical (unpaired) electrons. The molecule has 0 N–H and O–H groups in total. The maximum atomic E-state index is 12.5. The summed E-state index contributed by atoms with van der Waals surface area (Å²) in [5, 5.41) is 2.47. The molecule has 3 rings (SSSR count). The van der Waals surface area contributed by atoms with Gasteiger partial charge in [-0.05, 0) is 30.4 Å². The van der Waals surface area contributed by atoms with Gasteiger partial charge in [-0.3, -0.25) is 14.2 Å². The minimum atomic E-state index is -0.0280. The van der Waals surface area contributed by atoms with E-state index in [1.54, 1.807) is 4.57 Å². The van der Waals surface area contributed by atoms with Crippen molar-refractivity contribution in [3.05, 3.63) is 57.2 Å². The van der Waals surface area contributed by atoms with Crippen LogP contribution >= 0.6 is 23.1 Å². The van der Waals surface area contributed by atoms with E-state index in [4.69, 9.17) is 0 Å². The molecular formula is C18H18N2O2S2. The van der Waals surface area contributed by atoms with Gasteiger partial charge >= 0.3 is 0 Å². The first kappa shape index (κ1) is 16.9. The lowest BCUT2D eigenvalue weighted by molar-refractivity contribution is 0.102. The molecule has 3 aromatic rings. The Morgan fingerprint density at radius 1 is 1.21 bits per heavy atom. The van der Waals surface area contributed by atoms with Gasteiger partial charge in [0.2, 0.25) is 0 Å². The first-order valence-electron chi connectivity index (χ1n) is 7.87. The van der Waals surface area contributed by atoms with Gasteiger partial charge in [0.05, 0.1) is 11.3 Å². The average Bonchev–Trinajstić information content (AvgIpc) is 3.08. The summed E-state index contributed by atoms with van der Waals surface area (Å²) in [6.07, 6.45) is 0.955. The summed E-state index contributed by atoms with van der Waals surface area (Å²) in [5.41, 5.74) is 2.59. The Balaban J connectivity index is 1.81. The maximum Gasteiger partial charge on any atom is 0.272 e. The molecule has 6 heteroatoms. The van der Waals surface area contributed by atoms with Crippen LogP contribution in [0.25, 0.3) is 10.2 Å². The fourth-order valence-electron chi connectivity index (χ4n) is 2.45. The molecule has 0 aliphatic heterocycles. The van der Waals surface area contributed by atoms with E-state index >= 15 is 0 Å². The first-order chi connectivity index (χ1) is 11.6. The van der Waals surface area contributed by atoms with Gasteiger partial charge in [-0.25, -0.2) is 4.98 Å². The second-order valence-corrected chi connectivity index (χ2v) is 7.20. The van der Waals surface area contributed by atoms with Crippen molar-refractivity contribution < 1.29 is 4.79 Å². The predicted octanol–water partition coefficient (Wildman–Crippen LogP) is 4.02. The van der Waals surface area contributed by atoms with Crippen molar-refractivity contribution in [2.24, 2.45) is 0 Å². The highest BCUT2D eigenvalue weighted by Gasteiger charge is 2.14. The summed E-state index contributed by atoms with van der Waals surface area (Å²) in [4.78, 5) is 29.4. The number of fused-ring (bicyclic) bond motifs is 1. The number of rotatable bonds is 6. The Labute approximate surface area is 148 Å². The molecule has 2 aromatic heterocycles. The van der Waals surface area contributed by atoms with Crippen molar-refractivity contribution in [2.75, 3.05) is 5.75 Å². The molecular weight excluding hydrogens is 340 g/mol. The van der Waals surface area contributed by atoms with Crippen LogP contribution in [0.15, 0.2) is 45.7 Å². The summed E-state index contributed by atoms with van der Waals surface area (Å²) < 4.78 is 2.31. The summed E-state index contributed by atoms with van der Waals surface area (Å²) in [6, 6.07) is 9.54. The lowest BCUT2D eigenvalue weighted by Crippen LogP contribution is -2.22. The van der Waals surface area contributed by atoms with Crippen LogP contribution in [0.1, 0.15) is 29.8 Å². The maximum absolute atomic E-state index is 12.5. The van der Waals surface area contributed by atoms with Gasteiger partial charge in [0, 0.05) is 12.1 Å². The molecule has 0 amide bonds. The molecule has 24 heavy (non-hydrogen) atoms. The Hall–Kier alpha value is -1.92. The Morgan fingerprint density at radius 3 is 2.62 bits per heavy atom. The van der Waals surface area contributed by atoms with Gasteiger partial charge in [0.1, 0.15) is 4.70 Å². The van der Waals surface area contributed by atoms with Crippen LogP contribution in [0.4, 0.5) is 0 Å². The number of thiophene rings is 1. The third kappa shape index (κ3) is 3.30. The van der Waals surface area contributed by atoms with Gasteiger partial charge in [0.25, 0.3) is 5.56 Å².